The molecule has 0 aromatic heterocycles. The fraction of sp³-hybridized carbons (Fsp3) is 0.278. The van der Waals surface area contributed by atoms with Gasteiger partial charge in [-0.05, 0) is 38.1 Å². The minimum atomic E-state index is -0.316. The summed E-state index contributed by atoms with van der Waals surface area (Å²) in [6.45, 7) is 3.92. The Balaban J connectivity index is 2.24. The summed E-state index contributed by atoms with van der Waals surface area (Å²) in [5, 5.41) is 3.16. The molecule has 0 aliphatic heterocycles. The van der Waals surface area contributed by atoms with E-state index in [2.05, 4.69) is 5.32 Å². The van der Waals surface area contributed by atoms with Gasteiger partial charge in [0.15, 0.2) is 0 Å². The third kappa shape index (κ3) is 3.70. The zero-order valence-corrected chi connectivity index (χ0v) is 12.7. The van der Waals surface area contributed by atoms with Crippen LogP contribution in [0.5, 0.6) is 0 Å². The van der Waals surface area contributed by atoms with Crippen molar-refractivity contribution in [2.75, 3.05) is 7.05 Å². The van der Waals surface area contributed by atoms with Crippen LogP contribution < -0.4 is 5.32 Å². The van der Waals surface area contributed by atoms with Gasteiger partial charge in [-0.25, -0.2) is 4.79 Å². The second-order valence-electron chi connectivity index (χ2n) is 5.13. The number of hydrogen-bond donors (Lipinski definition) is 1. The SMILES string of the molecule is CN[C@H](C)[C@H](OC(=O)c1ccccc1C)c1ccccc1. The van der Waals surface area contributed by atoms with Crippen molar-refractivity contribution in [2.45, 2.75) is 26.0 Å². The number of ether oxygens (including phenoxy) is 1. The Hall–Kier alpha value is -2.13. The Bertz CT molecular complexity index is 595. The molecule has 0 saturated heterocycles. The van der Waals surface area contributed by atoms with Gasteiger partial charge in [-0.2, -0.15) is 0 Å². The maximum Gasteiger partial charge on any atom is 0.339 e. The fourth-order valence-electron chi connectivity index (χ4n) is 2.23. The molecule has 0 spiro atoms. The molecular weight excluding hydrogens is 262 g/mol. The smallest absolute Gasteiger partial charge is 0.339 e. The first-order chi connectivity index (χ1) is 10.1. The molecule has 2 atom stereocenters. The number of likely N-dealkylation sites (N-methyl/N-ethyl adjacent to an activating group) is 1. The topological polar surface area (TPSA) is 38.3 Å². The first kappa shape index (κ1) is 15.3. The lowest BCUT2D eigenvalue weighted by molar-refractivity contribution is 0.0218. The predicted molar refractivity (Wildman–Crippen MR) is 84.3 cm³/mol. The molecule has 0 bridgehead atoms. The highest BCUT2D eigenvalue weighted by Crippen LogP contribution is 2.23. The van der Waals surface area contributed by atoms with Crippen molar-refractivity contribution in [3.8, 4) is 0 Å². The third-order valence-electron chi connectivity index (χ3n) is 3.64. The molecule has 1 N–H and O–H groups in total. The van der Waals surface area contributed by atoms with Gasteiger partial charge >= 0.3 is 5.97 Å². The van der Waals surface area contributed by atoms with E-state index in [1.807, 2.05) is 69.4 Å². The maximum atomic E-state index is 12.4. The van der Waals surface area contributed by atoms with Gasteiger partial charge in [0.05, 0.1) is 5.56 Å². The molecule has 21 heavy (non-hydrogen) atoms. The average molecular weight is 283 g/mol. The van der Waals surface area contributed by atoms with Gasteiger partial charge in [0, 0.05) is 6.04 Å². The number of carbonyl (C=O) groups is 1. The molecule has 0 radical (unpaired) electrons. The van der Waals surface area contributed by atoms with Crippen molar-refractivity contribution in [1.82, 2.24) is 5.32 Å². The molecule has 2 aromatic carbocycles. The van der Waals surface area contributed by atoms with Gasteiger partial charge in [-0.15, -0.1) is 0 Å². The molecule has 0 aliphatic rings. The summed E-state index contributed by atoms with van der Waals surface area (Å²) in [6, 6.07) is 17.3. The molecule has 0 fully saturated rings. The van der Waals surface area contributed by atoms with Crippen LogP contribution in [0.4, 0.5) is 0 Å². The Morgan fingerprint density at radius 1 is 1.05 bits per heavy atom. The van der Waals surface area contributed by atoms with E-state index in [4.69, 9.17) is 4.74 Å². The van der Waals surface area contributed by atoms with E-state index < -0.39 is 0 Å². The zero-order valence-electron chi connectivity index (χ0n) is 12.7. The number of rotatable bonds is 5. The standard InChI is InChI=1S/C18H21NO2/c1-13-9-7-8-12-16(13)18(20)21-17(14(2)19-3)15-10-5-4-6-11-15/h4-12,14,17,19H,1-3H3/t14-,17+/m1/s1. The lowest BCUT2D eigenvalue weighted by Gasteiger charge is -2.24. The van der Waals surface area contributed by atoms with Crippen molar-refractivity contribution in [3.05, 3.63) is 71.3 Å². The van der Waals surface area contributed by atoms with Crippen LogP contribution in [-0.4, -0.2) is 19.1 Å². The summed E-state index contributed by atoms with van der Waals surface area (Å²) in [6.07, 6.45) is -0.316. The number of aryl methyl sites for hydroxylation is 1. The Labute approximate surface area is 126 Å². The van der Waals surface area contributed by atoms with Gasteiger partial charge in [0.1, 0.15) is 6.10 Å². The Morgan fingerprint density at radius 2 is 1.67 bits per heavy atom. The summed E-state index contributed by atoms with van der Waals surface area (Å²) < 4.78 is 5.75. The predicted octanol–water partition coefficient (Wildman–Crippen LogP) is 3.50. The molecule has 110 valence electrons. The van der Waals surface area contributed by atoms with Crippen molar-refractivity contribution in [3.63, 3.8) is 0 Å². The van der Waals surface area contributed by atoms with Crippen molar-refractivity contribution >= 4 is 5.97 Å². The van der Waals surface area contributed by atoms with Crippen LogP contribution in [0.15, 0.2) is 54.6 Å². The van der Waals surface area contributed by atoms with E-state index >= 15 is 0 Å². The number of esters is 1. The minimum Gasteiger partial charge on any atom is -0.452 e. The van der Waals surface area contributed by atoms with Crippen molar-refractivity contribution in [1.29, 1.82) is 0 Å². The van der Waals surface area contributed by atoms with E-state index in [0.29, 0.717) is 5.56 Å². The molecule has 0 amide bonds. The monoisotopic (exact) mass is 283 g/mol. The molecule has 0 saturated carbocycles. The van der Waals surface area contributed by atoms with Crippen LogP contribution in [0.25, 0.3) is 0 Å². The van der Waals surface area contributed by atoms with Gasteiger partial charge in [0.25, 0.3) is 0 Å². The normalized spacial score (nSPS) is 13.5. The van der Waals surface area contributed by atoms with Gasteiger partial charge in [-0.3, -0.25) is 0 Å². The molecule has 2 aromatic rings. The summed E-state index contributed by atoms with van der Waals surface area (Å²) in [5.74, 6) is -0.288. The first-order valence-corrected chi connectivity index (χ1v) is 7.12. The maximum absolute atomic E-state index is 12.4. The third-order valence-corrected chi connectivity index (χ3v) is 3.64. The van der Waals surface area contributed by atoms with Gasteiger partial charge in [0.2, 0.25) is 0 Å². The van der Waals surface area contributed by atoms with Crippen molar-refractivity contribution < 1.29 is 9.53 Å². The lowest BCUT2D eigenvalue weighted by Crippen LogP contribution is -2.32. The van der Waals surface area contributed by atoms with E-state index in [1.54, 1.807) is 6.07 Å². The average Bonchev–Trinajstić information content (AvgIpc) is 2.53. The van der Waals surface area contributed by atoms with E-state index in [1.165, 1.54) is 0 Å². The fourth-order valence-corrected chi connectivity index (χ4v) is 2.23. The number of nitrogens with one attached hydrogen (secondary N) is 1. The highest BCUT2D eigenvalue weighted by molar-refractivity contribution is 5.91. The molecule has 2 rings (SSSR count). The van der Waals surface area contributed by atoms with Crippen LogP contribution in [0.1, 0.15) is 34.5 Å². The van der Waals surface area contributed by atoms with Crippen LogP contribution in [0, 0.1) is 6.92 Å². The number of carbonyl (C=O) groups excluding carboxylic acids is 1. The van der Waals surface area contributed by atoms with E-state index in [-0.39, 0.29) is 18.1 Å². The Morgan fingerprint density at radius 3 is 2.29 bits per heavy atom. The molecule has 3 heteroatoms. The summed E-state index contributed by atoms with van der Waals surface area (Å²) in [4.78, 5) is 12.4. The highest BCUT2D eigenvalue weighted by atomic mass is 16.5. The Kier molecular flexibility index (Phi) is 5.12. The largest absolute Gasteiger partial charge is 0.452 e. The van der Waals surface area contributed by atoms with Gasteiger partial charge in [-0.1, -0.05) is 48.5 Å². The zero-order chi connectivity index (χ0) is 15.2. The van der Waals surface area contributed by atoms with Gasteiger partial charge < -0.3 is 10.1 Å². The van der Waals surface area contributed by atoms with E-state index in [0.717, 1.165) is 11.1 Å². The molecule has 0 unspecified atom stereocenters. The second-order valence-corrected chi connectivity index (χ2v) is 5.13. The van der Waals surface area contributed by atoms with Crippen LogP contribution >= 0.6 is 0 Å². The number of hydrogen-bond acceptors (Lipinski definition) is 3. The summed E-state index contributed by atoms with van der Waals surface area (Å²) >= 11 is 0. The van der Waals surface area contributed by atoms with Crippen LogP contribution in [-0.2, 0) is 4.74 Å². The quantitative estimate of drug-likeness (QED) is 0.853. The molecule has 0 heterocycles. The lowest BCUT2D eigenvalue weighted by atomic mass is 10.0. The second kappa shape index (κ2) is 7.04. The summed E-state index contributed by atoms with van der Waals surface area (Å²) in [7, 11) is 1.86. The number of benzene rings is 2. The summed E-state index contributed by atoms with van der Waals surface area (Å²) in [5.41, 5.74) is 2.52. The highest BCUT2D eigenvalue weighted by Gasteiger charge is 2.23. The molecule has 0 aliphatic carbocycles. The molecule has 3 nitrogen and oxygen atoms in total. The minimum absolute atomic E-state index is 0.0281. The molecular formula is C18H21NO2. The van der Waals surface area contributed by atoms with Crippen LogP contribution in [0.2, 0.25) is 0 Å². The van der Waals surface area contributed by atoms with Crippen LogP contribution in [0.3, 0.4) is 0 Å². The van der Waals surface area contributed by atoms with E-state index in [9.17, 15) is 4.79 Å². The first-order valence-electron chi connectivity index (χ1n) is 7.12. The van der Waals surface area contributed by atoms with Crippen molar-refractivity contribution in [2.24, 2.45) is 0 Å².